The lowest BCUT2D eigenvalue weighted by molar-refractivity contribution is 0.257. The molecule has 4 nitrogen and oxygen atoms in total. The van der Waals surface area contributed by atoms with E-state index in [9.17, 15) is 8.42 Å². The van der Waals surface area contributed by atoms with Crippen LogP contribution in [0.3, 0.4) is 0 Å². The monoisotopic (exact) mass is 358 g/mol. The molecular weight excluding hydrogens is 332 g/mol. The third-order valence-electron chi connectivity index (χ3n) is 4.84. The third-order valence-corrected chi connectivity index (χ3v) is 6.57. The van der Waals surface area contributed by atoms with E-state index in [0.29, 0.717) is 23.5 Å². The van der Waals surface area contributed by atoms with Gasteiger partial charge < -0.3 is 5.32 Å². The maximum atomic E-state index is 12.3. The summed E-state index contributed by atoms with van der Waals surface area (Å²) in [6, 6.07) is 20.0. The van der Waals surface area contributed by atoms with Gasteiger partial charge in [0, 0.05) is 31.7 Å². The van der Waals surface area contributed by atoms with Gasteiger partial charge in [0.15, 0.2) is 9.84 Å². The second kappa shape index (κ2) is 8.13. The highest BCUT2D eigenvalue weighted by Crippen LogP contribution is 2.20. The van der Waals surface area contributed by atoms with Gasteiger partial charge in [0.1, 0.15) is 0 Å². The molecule has 1 fully saturated rings. The van der Waals surface area contributed by atoms with Crippen molar-refractivity contribution in [1.82, 2.24) is 10.2 Å². The fourth-order valence-corrected chi connectivity index (χ4v) is 4.62. The summed E-state index contributed by atoms with van der Waals surface area (Å²) in [7, 11) is -3.20. The Kier molecular flexibility index (Phi) is 5.89. The molecule has 0 aliphatic carbocycles. The standard InChI is InChI=1S/C20H26N2O2S/c1-17-14-19(16-22(17)15-18-8-4-2-5-9-18)21-12-13-25(23,24)20-10-6-3-7-11-20/h2-11,17,19,21H,12-16H2,1H3/t17-,19-/m0/s1. The maximum absolute atomic E-state index is 12.3. The van der Waals surface area contributed by atoms with Crippen LogP contribution < -0.4 is 5.32 Å². The summed E-state index contributed by atoms with van der Waals surface area (Å²) in [5.41, 5.74) is 1.32. The Morgan fingerprint density at radius 1 is 1.04 bits per heavy atom. The zero-order valence-electron chi connectivity index (χ0n) is 14.6. The number of sulfone groups is 1. The van der Waals surface area contributed by atoms with Crippen molar-refractivity contribution in [3.05, 3.63) is 66.2 Å². The molecule has 0 aromatic heterocycles. The van der Waals surface area contributed by atoms with Crippen molar-refractivity contribution in [3.63, 3.8) is 0 Å². The molecule has 134 valence electrons. The van der Waals surface area contributed by atoms with Crippen LogP contribution in [0.2, 0.25) is 0 Å². The van der Waals surface area contributed by atoms with E-state index in [1.54, 1.807) is 24.3 Å². The van der Waals surface area contributed by atoms with Crippen molar-refractivity contribution in [2.45, 2.75) is 36.9 Å². The largest absolute Gasteiger partial charge is 0.312 e. The smallest absolute Gasteiger partial charge is 0.179 e. The summed E-state index contributed by atoms with van der Waals surface area (Å²) in [5, 5.41) is 3.43. The predicted octanol–water partition coefficient (Wildman–Crippen LogP) is 2.71. The minimum absolute atomic E-state index is 0.139. The molecule has 2 aromatic rings. The molecule has 1 saturated heterocycles. The van der Waals surface area contributed by atoms with Crippen LogP contribution in [0.25, 0.3) is 0 Å². The number of likely N-dealkylation sites (tertiary alicyclic amines) is 1. The third kappa shape index (κ3) is 4.91. The zero-order valence-corrected chi connectivity index (χ0v) is 15.5. The Hall–Kier alpha value is -1.69. The lowest BCUT2D eigenvalue weighted by atomic mass is 10.2. The molecule has 1 aliphatic heterocycles. The second-order valence-electron chi connectivity index (χ2n) is 6.78. The summed E-state index contributed by atoms with van der Waals surface area (Å²) >= 11 is 0. The molecule has 0 spiro atoms. The van der Waals surface area contributed by atoms with Crippen molar-refractivity contribution in [3.8, 4) is 0 Å². The van der Waals surface area contributed by atoms with E-state index < -0.39 is 9.84 Å². The SMILES string of the molecule is C[C@H]1C[C@H](NCCS(=O)(=O)c2ccccc2)CN1Cc1ccccc1. The topological polar surface area (TPSA) is 49.4 Å². The number of benzene rings is 2. The van der Waals surface area contributed by atoms with E-state index in [1.807, 2.05) is 12.1 Å². The molecule has 0 unspecified atom stereocenters. The van der Waals surface area contributed by atoms with Gasteiger partial charge in [0.2, 0.25) is 0 Å². The summed E-state index contributed by atoms with van der Waals surface area (Å²) < 4.78 is 24.7. The minimum Gasteiger partial charge on any atom is -0.312 e. The lowest BCUT2D eigenvalue weighted by Gasteiger charge is -2.21. The molecule has 2 aromatic carbocycles. The molecular formula is C20H26N2O2S. The van der Waals surface area contributed by atoms with Crippen LogP contribution in [0, 0.1) is 0 Å². The number of nitrogens with zero attached hydrogens (tertiary/aromatic N) is 1. The van der Waals surface area contributed by atoms with Gasteiger partial charge in [-0.3, -0.25) is 4.90 Å². The molecule has 3 rings (SSSR count). The van der Waals surface area contributed by atoms with Crippen LogP contribution in [0.4, 0.5) is 0 Å². The first-order valence-electron chi connectivity index (χ1n) is 8.84. The lowest BCUT2D eigenvalue weighted by Crippen LogP contribution is -2.35. The maximum Gasteiger partial charge on any atom is 0.179 e. The summed E-state index contributed by atoms with van der Waals surface area (Å²) in [5.74, 6) is 0.139. The first-order valence-corrected chi connectivity index (χ1v) is 10.5. The Bertz CT molecular complexity index is 763. The van der Waals surface area contributed by atoms with Gasteiger partial charge in [-0.2, -0.15) is 0 Å². The van der Waals surface area contributed by atoms with Crippen LogP contribution in [0.15, 0.2) is 65.6 Å². The number of rotatable bonds is 7. The van der Waals surface area contributed by atoms with Crippen LogP contribution in [-0.2, 0) is 16.4 Å². The fraction of sp³-hybridized carbons (Fsp3) is 0.400. The first kappa shape index (κ1) is 18.1. The van der Waals surface area contributed by atoms with Gasteiger partial charge in [0.25, 0.3) is 0 Å². The number of nitrogens with one attached hydrogen (secondary N) is 1. The van der Waals surface area contributed by atoms with Crippen LogP contribution in [0.5, 0.6) is 0 Å². The quantitative estimate of drug-likeness (QED) is 0.827. The van der Waals surface area contributed by atoms with Crippen LogP contribution in [0.1, 0.15) is 18.9 Å². The van der Waals surface area contributed by atoms with Crippen molar-refractivity contribution in [2.24, 2.45) is 0 Å². The van der Waals surface area contributed by atoms with Crippen molar-refractivity contribution in [1.29, 1.82) is 0 Å². The van der Waals surface area contributed by atoms with Crippen molar-refractivity contribution >= 4 is 9.84 Å². The molecule has 2 atom stereocenters. The second-order valence-corrected chi connectivity index (χ2v) is 8.89. The van der Waals surface area contributed by atoms with Gasteiger partial charge >= 0.3 is 0 Å². The predicted molar refractivity (Wildman–Crippen MR) is 101 cm³/mol. The summed E-state index contributed by atoms with van der Waals surface area (Å²) in [6.07, 6.45) is 1.05. The minimum atomic E-state index is -3.20. The highest BCUT2D eigenvalue weighted by atomic mass is 32.2. The summed E-state index contributed by atoms with van der Waals surface area (Å²) in [6.45, 7) is 4.64. The van der Waals surface area contributed by atoms with Gasteiger partial charge in [-0.25, -0.2) is 8.42 Å². The number of hydrogen-bond acceptors (Lipinski definition) is 4. The molecule has 5 heteroatoms. The van der Waals surface area contributed by atoms with Crippen molar-refractivity contribution < 1.29 is 8.42 Å². The van der Waals surface area contributed by atoms with E-state index in [2.05, 4.69) is 41.4 Å². The van der Waals surface area contributed by atoms with E-state index >= 15 is 0 Å². The highest BCUT2D eigenvalue weighted by Gasteiger charge is 2.28. The van der Waals surface area contributed by atoms with E-state index in [1.165, 1.54) is 5.56 Å². The average molecular weight is 359 g/mol. The Labute approximate surface area is 150 Å². The molecule has 1 aliphatic rings. The van der Waals surface area contributed by atoms with Crippen molar-refractivity contribution in [2.75, 3.05) is 18.8 Å². The molecule has 25 heavy (non-hydrogen) atoms. The van der Waals surface area contributed by atoms with Gasteiger partial charge in [-0.05, 0) is 31.0 Å². The molecule has 0 radical (unpaired) electrons. The van der Waals surface area contributed by atoms with Crippen LogP contribution >= 0.6 is 0 Å². The highest BCUT2D eigenvalue weighted by molar-refractivity contribution is 7.91. The Morgan fingerprint density at radius 2 is 1.68 bits per heavy atom. The van der Waals surface area contributed by atoms with Crippen LogP contribution in [-0.4, -0.2) is 44.2 Å². The molecule has 0 saturated carbocycles. The van der Waals surface area contributed by atoms with E-state index in [0.717, 1.165) is 19.5 Å². The molecule has 1 N–H and O–H groups in total. The summed E-state index contributed by atoms with van der Waals surface area (Å²) in [4.78, 5) is 2.86. The zero-order chi connectivity index (χ0) is 17.7. The van der Waals surface area contributed by atoms with Gasteiger partial charge in [0.05, 0.1) is 10.6 Å². The van der Waals surface area contributed by atoms with Gasteiger partial charge in [-0.15, -0.1) is 0 Å². The first-order chi connectivity index (χ1) is 12.0. The normalized spacial score (nSPS) is 21.5. The van der Waals surface area contributed by atoms with E-state index in [4.69, 9.17) is 0 Å². The van der Waals surface area contributed by atoms with E-state index in [-0.39, 0.29) is 5.75 Å². The number of hydrogen-bond donors (Lipinski definition) is 1. The Morgan fingerprint density at radius 3 is 2.36 bits per heavy atom. The fourth-order valence-electron chi connectivity index (χ4n) is 3.43. The van der Waals surface area contributed by atoms with Gasteiger partial charge in [-0.1, -0.05) is 48.5 Å². The average Bonchev–Trinajstić information content (AvgIpc) is 2.96. The molecule has 0 amide bonds. The molecule has 1 heterocycles. The molecule has 0 bridgehead atoms. The Balaban J connectivity index is 1.48.